The van der Waals surface area contributed by atoms with Crippen LogP contribution in [-0.2, 0) is 16.1 Å². The number of benzene rings is 1. The Hall–Kier alpha value is -2.04. The van der Waals surface area contributed by atoms with E-state index in [1.165, 1.54) is 11.1 Å². The molecular formula is C19H29N3O2. The maximum atomic E-state index is 11.9. The van der Waals surface area contributed by atoms with Crippen LogP contribution < -0.4 is 5.32 Å². The number of aryl methyl sites for hydroxylation is 1. The van der Waals surface area contributed by atoms with Crippen LogP contribution >= 0.6 is 0 Å². The van der Waals surface area contributed by atoms with E-state index in [4.69, 9.17) is 9.73 Å². The minimum Gasteiger partial charge on any atom is -0.466 e. The van der Waals surface area contributed by atoms with Crippen molar-refractivity contribution >= 4 is 11.9 Å². The Morgan fingerprint density at radius 1 is 1.33 bits per heavy atom. The van der Waals surface area contributed by atoms with Gasteiger partial charge in [0.1, 0.15) is 0 Å². The Balaban J connectivity index is 1.95. The number of hydrogen-bond donors (Lipinski definition) is 1. The number of hydrogen-bond acceptors (Lipinski definition) is 3. The molecule has 132 valence electrons. The van der Waals surface area contributed by atoms with Crippen LogP contribution in [0.25, 0.3) is 0 Å². The molecule has 1 aliphatic heterocycles. The summed E-state index contributed by atoms with van der Waals surface area (Å²) < 4.78 is 5.14. The van der Waals surface area contributed by atoms with Gasteiger partial charge in [-0.05, 0) is 39.2 Å². The van der Waals surface area contributed by atoms with Crippen molar-refractivity contribution in [2.24, 2.45) is 10.9 Å². The normalized spacial score (nSPS) is 16.1. The fourth-order valence-electron chi connectivity index (χ4n) is 2.99. The quantitative estimate of drug-likeness (QED) is 0.512. The zero-order valence-electron chi connectivity index (χ0n) is 15.0. The number of guanidine groups is 1. The van der Waals surface area contributed by atoms with Crippen molar-refractivity contribution in [3.05, 3.63) is 35.4 Å². The van der Waals surface area contributed by atoms with E-state index in [-0.39, 0.29) is 11.9 Å². The molecule has 24 heavy (non-hydrogen) atoms. The van der Waals surface area contributed by atoms with Gasteiger partial charge in [0.15, 0.2) is 5.96 Å². The number of rotatable bonds is 5. The average molecular weight is 331 g/mol. The third kappa shape index (κ3) is 5.25. The summed E-state index contributed by atoms with van der Waals surface area (Å²) in [5.41, 5.74) is 2.47. The van der Waals surface area contributed by atoms with Crippen molar-refractivity contribution in [2.45, 2.75) is 40.2 Å². The Labute approximate surface area is 145 Å². The number of piperidine rings is 1. The minimum absolute atomic E-state index is 0.0286. The molecule has 0 amide bonds. The molecule has 0 unspecified atom stereocenters. The number of nitrogens with one attached hydrogen (secondary N) is 1. The molecular weight excluding hydrogens is 302 g/mol. The lowest BCUT2D eigenvalue weighted by molar-refractivity contribution is -0.149. The summed E-state index contributed by atoms with van der Waals surface area (Å²) in [5.74, 6) is 0.904. The number of likely N-dealkylation sites (tertiary alicyclic amines) is 1. The second-order valence-electron chi connectivity index (χ2n) is 6.17. The molecule has 0 aliphatic carbocycles. The fraction of sp³-hybridized carbons (Fsp3) is 0.579. The van der Waals surface area contributed by atoms with Crippen molar-refractivity contribution in [1.82, 2.24) is 10.2 Å². The molecule has 1 aromatic rings. The predicted molar refractivity (Wildman–Crippen MR) is 96.9 cm³/mol. The first kappa shape index (κ1) is 18.3. The molecule has 1 N–H and O–H groups in total. The standard InChI is InChI=1S/C19H29N3O2/c1-4-20-19(21-14-16-8-6-7-15(3)13-16)22-11-9-17(10-12-22)18(23)24-5-2/h6-8,13,17H,4-5,9-12,14H2,1-3H3,(H,20,21). The van der Waals surface area contributed by atoms with Gasteiger partial charge < -0.3 is 15.0 Å². The molecule has 2 rings (SSSR count). The molecule has 1 saturated heterocycles. The highest BCUT2D eigenvalue weighted by molar-refractivity contribution is 5.80. The molecule has 1 fully saturated rings. The van der Waals surface area contributed by atoms with Crippen molar-refractivity contribution in [2.75, 3.05) is 26.2 Å². The molecule has 0 aromatic heterocycles. The number of carbonyl (C=O) groups is 1. The lowest BCUT2D eigenvalue weighted by atomic mass is 9.97. The summed E-state index contributed by atoms with van der Waals surface area (Å²) in [6.45, 7) is 9.67. The summed E-state index contributed by atoms with van der Waals surface area (Å²) in [7, 11) is 0. The van der Waals surface area contributed by atoms with Gasteiger partial charge in [0.25, 0.3) is 0 Å². The van der Waals surface area contributed by atoms with Crippen molar-refractivity contribution in [3.63, 3.8) is 0 Å². The van der Waals surface area contributed by atoms with Crippen LogP contribution in [0.15, 0.2) is 29.3 Å². The molecule has 0 spiro atoms. The van der Waals surface area contributed by atoms with Gasteiger partial charge in [-0.1, -0.05) is 29.8 Å². The van der Waals surface area contributed by atoms with Crippen LogP contribution in [0.2, 0.25) is 0 Å². The first-order valence-electron chi connectivity index (χ1n) is 8.89. The second kappa shape index (κ2) is 9.30. The number of nitrogens with zero attached hydrogens (tertiary/aromatic N) is 2. The zero-order valence-corrected chi connectivity index (χ0v) is 15.0. The van der Waals surface area contributed by atoms with Crippen LogP contribution in [0.4, 0.5) is 0 Å². The molecule has 1 heterocycles. The van der Waals surface area contributed by atoms with Gasteiger partial charge >= 0.3 is 5.97 Å². The van der Waals surface area contributed by atoms with Crippen molar-refractivity contribution < 1.29 is 9.53 Å². The highest BCUT2D eigenvalue weighted by atomic mass is 16.5. The van der Waals surface area contributed by atoms with E-state index in [9.17, 15) is 4.79 Å². The lowest BCUT2D eigenvalue weighted by Crippen LogP contribution is -2.46. The van der Waals surface area contributed by atoms with Gasteiger partial charge in [0, 0.05) is 19.6 Å². The average Bonchev–Trinajstić information content (AvgIpc) is 2.59. The van der Waals surface area contributed by atoms with Gasteiger partial charge in [-0.2, -0.15) is 0 Å². The van der Waals surface area contributed by atoms with Crippen LogP contribution in [0, 0.1) is 12.8 Å². The summed E-state index contributed by atoms with van der Waals surface area (Å²) >= 11 is 0. The monoisotopic (exact) mass is 331 g/mol. The van der Waals surface area contributed by atoms with Crippen molar-refractivity contribution in [1.29, 1.82) is 0 Å². The van der Waals surface area contributed by atoms with Gasteiger partial charge in [-0.25, -0.2) is 4.99 Å². The SMILES string of the molecule is CCNC(=NCc1cccc(C)c1)N1CCC(C(=O)OCC)CC1. The van der Waals surface area contributed by atoms with Gasteiger partial charge in [0.2, 0.25) is 0 Å². The molecule has 1 aromatic carbocycles. The van der Waals surface area contributed by atoms with E-state index in [2.05, 4.69) is 48.3 Å². The third-order valence-electron chi connectivity index (χ3n) is 4.24. The molecule has 1 aliphatic rings. The summed E-state index contributed by atoms with van der Waals surface area (Å²) in [4.78, 5) is 18.9. The second-order valence-corrected chi connectivity index (χ2v) is 6.17. The topological polar surface area (TPSA) is 53.9 Å². The highest BCUT2D eigenvalue weighted by Crippen LogP contribution is 2.19. The molecule has 5 nitrogen and oxygen atoms in total. The molecule has 5 heteroatoms. The first-order valence-corrected chi connectivity index (χ1v) is 8.89. The predicted octanol–water partition coefficient (Wildman–Crippen LogP) is 2.74. The lowest BCUT2D eigenvalue weighted by Gasteiger charge is -2.33. The number of aliphatic imine (C=N–C) groups is 1. The molecule has 0 radical (unpaired) electrons. The Morgan fingerprint density at radius 2 is 2.08 bits per heavy atom. The van der Waals surface area contributed by atoms with Crippen LogP contribution in [0.5, 0.6) is 0 Å². The summed E-state index contributed by atoms with van der Waals surface area (Å²) in [6.07, 6.45) is 1.65. The summed E-state index contributed by atoms with van der Waals surface area (Å²) in [5, 5.41) is 3.37. The minimum atomic E-state index is -0.0566. The van der Waals surface area contributed by atoms with Crippen LogP contribution in [0.3, 0.4) is 0 Å². The van der Waals surface area contributed by atoms with Crippen molar-refractivity contribution in [3.8, 4) is 0 Å². The fourth-order valence-corrected chi connectivity index (χ4v) is 2.99. The van der Waals surface area contributed by atoms with Crippen LogP contribution in [-0.4, -0.2) is 43.1 Å². The Kier molecular flexibility index (Phi) is 7.09. The molecule has 0 bridgehead atoms. The molecule has 0 atom stereocenters. The number of esters is 1. The van der Waals surface area contributed by atoms with E-state index < -0.39 is 0 Å². The highest BCUT2D eigenvalue weighted by Gasteiger charge is 2.27. The smallest absolute Gasteiger partial charge is 0.309 e. The maximum Gasteiger partial charge on any atom is 0.309 e. The first-order chi connectivity index (χ1) is 11.6. The maximum absolute atomic E-state index is 11.9. The van der Waals surface area contributed by atoms with Crippen LogP contribution in [0.1, 0.15) is 37.8 Å². The number of ether oxygens (including phenoxy) is 1. The van der Waals surface area contributed by atoms with Gasteiger partial charge in [-0.3, -0.25) is 4.79 Å². The zero-order chi connectivity index (χ0) is 17.4. The van der Waals surface area contributed by atoms with Gasteiger partial charge in [0.05, 0.1) is 19.1 Å². The largest absolute Gasteiger partial charge is 0.466 e. The number of carbonyl (C=O) groups excluding carboxylic acids is 1. The van der Waals surface area contributed by atoms with E-state index in [1.54, 1.807) is 0 Å². The van der Waals surface area contributed by atoms with E-state index in [0.29, 0.717) is 13.2 Å². The van der Waals surface area contributed by atoms with Gasteiger partial charge in [-0.15, -0.1) is 0 Å². The van der Waals surface area contributed by atoms with E-state index >= 15 is 0 Å². The third-order valence-corrected chi connectivity index (χ3v) is 4.24. The Bertz CT molecular complexity index is 563. The Morgan fingerprint density at radius 3 is 2.71 bits per heavy atom. The van der Waals surface area contributed by atoms with E-state index in [1.807, 2.05) is 6.92 Å². The summed E-state index contributed by atoms with van der Waals surface area (Å²) in [6, 6.07) is 8.43. The van der Waals surface area contributed by atoms with E-state index in [0.717, 1.165) is 38.4 Å². The molecule has 0 saturated carbocycles.